The molecule has 0 amide bonds. The van der Waals surface area contributed by atoms with Crippen LogP contribution in [0.1, 0.15) is 132 Å². The summed E-state index contributed by atoms with van der Waals surface area (Å²) in [6.45, 7) is 4.93. The maximum absolute atomic E-state index is 13.7. The minimum absolute atomic E-state index is 0.126. The number of rotatable bonds is 14. The van der Waals surface area contributed by atoms with Crippen LogP contribution >= 0.6 is 0 Å². The Hall–Kier alpha value is -4.22. The van der Waals surface area contributed by atoms with Crippen LogP contribution in [-0.4, -0.2) is 40.6 Å². The molecule has 1 saturated carbocycles. The molecule has 0 aromatic heterocycles. The van der Waals surface area contributed by atoms with Gasteiger partial charge in [-0.3, -0.25) is 14.7 Å². The molecule has 1 aliphatic carbocycles. The number of unbranched alkanes of at least 4 members (excludes halogenated alkanes) is 4. The lowest BCUT2D eigenvalue weighted by atomic mass is 9.73. The lowest BCUT2D eigenvalue weighted by molar-refractivity contribution is -0.888. The quantitative estimate of drug-likeness (QED) is 0.0918. The smallest absolute Gasteiger partial charge is 0.252 e. The van der Waals surface area contributed by atoms with Crippen LogP contribution in [0.15, 0.2) is 64.9 Å². The number of aliphatic imine (C=N–C) groups is 1. The summed E-state index contributed by atoms with van der Waals surface area (Å²) in [6.07, 6.45) is 17.2. The van der Waals surface area contributed by atoms with Gasteiger partial charge in [-0.2, -0.15) is 0 Å². The highest BCUT2D eigenvalue weighted by Gasteiger charge is 2.51. The van der Waals surface area contributed by atoms with E-state index >= 15 is 0 Å². The van der Waals surface area contributed by atoms with Gasteiger partial charge in [-0.05, 0) is 72.1 Å². The Balaban J connectivity index is 1.21. The maximum Gasteiger partial charge on any atom is 0.252 e. The summed E-state index contributed by atoms with van der Waals surface area (Å²) < 4.78 is 13.3. The molecule has 7 N–H and O–H groups in total. The molecule has 296 valence electrons. The summed E-state index contributed by atoms with van der Waals surface area (Å²) in [5, 5.41) is 22.8. The van der Waals surface area contributed by atoms with Gasteiger partial charge in [-0.25, -0.2) is 0 Å². The second-order valence-corrected chi connectivity index (χ2v) is 16.5. The van der Waals surface area contributed by atoms with Crippen LogP contribution in [0.3, 0.4) is 0 Å². The minimum Gasteiger partial charge on any atom is -0.437 e. The van der Waals surface area contributed by atoms with E-state index in [0.717, 1.165) is 115 Å². The number of nitrogens with one attached hydrogen (secondary N) is 1. The van der Waals surface area contributed by atoms with E-state index in [-0.39, 0.29) is 17.6 Å². The lowest BCUT2D eigenvalue weighted by Crippen LogP contribution is -3.13. The van der Waals surface area contributed by atoms with Crippen molar-refractivity contribution in [2.24, 2.45) is 33.7 Å². The number of allylic oxidation sites excluding steroid dienone is 1. The summed E-state index contributed by atoms with van der Waals surface area (Å²) in [7, 11) is 0. The molecule has 2 aromatic carbocycles. The first kappa shape index (κ1) is 40.0. The zero-order valence-electron chi connectivity index (χ0n) is 33.1. The standard InChI is InChI=1S/C47H58N4O5/c1-3-5-7-11-36(40(52)12-8-6-4-2)42(54)18-13-31-14-20-43-44(25-31)56-46-38(47(23-24-55-43)21-9-10-22-47)17-19-41(53)35-16-15-32(45(48)49)26-33(35)27-34-28-50-39-30-51(46)29-37(34)39/h14-16,20,25-26,28-29,36,38,40-41,45-46,52-53H,3-13,18,21-22,27,30,48-49H2,1-2H3/p+1/t36-,38-,40-,41+,46-/m1/s1. The van der Waals surface area contributed by atoms with Gasteiger partial charge < -0.3 is 31.2 Å². The minimum atomic E-state index is -1.05. The fourth-order valence-electron chi connectivity index (χ4n) is 9.28. The number of quaternary nitrogens is 1. The molecule has 0 radical (unpaired) electrons. The molecular formula is C47H59N4O5+. The molecule has 4 heterocycles. The van der Waals surface area contributed by atoms with E-state index in [1.54, 1.807) is 0 Å². The maximum atomic E-state index is 13.7. The van der Waals surface area contributed by atoms with Crippen molar-refractivity contribution >= 4 is 11.5 Å². The second-order valence-electron chi connectivity index (χ2n) is 16.5. The van der Waals surface area contributed by atoms with Crippen LogP contribution in [0.4, 0.5) is 0 Å². The van der Waals surface area contributed by atoms with E-state index < -0.39 is 30.0 Å². The Morgan fingerprint density at radius 3 is 2.57 bits per heavy atom. The van der Waals surface area contributed by atoms with Crippen LogP contribution in [0.25, 0.3) is 0 Å². The first-order chi connectivity index (χ1) is 27.2. The predicted octanol–water partition coefficient (Wildman–Crippen LogP) is 5.89. The molecule has 9 heteroatoms. The first-order valence-electron chi connectivity index (χ1n) is 21.1. The third-order valence-electron chi connectivity index (χ3n) is 12.6. The number of hydrogen-bond acceptors (Lipinski definition) is 8. The van der Waals surface area contributed by atoms with E-state index in [4.69, 9.17) is 25.9 Å². The predicted molar refractivity (Wildman–Crippen MR) is 218 cm³/mol. The third-order valence-corrected chi connectivity index (χ3v) is 12.6. The van der Waals surface area contributed by atoms with Crippen LogP contribution in [-0.2, 0) is 17.6 Å². The number of fused-ring (bicyclic) bond motifs is 6. The van der Waals surface area contributed by atoms with Crippen molar-refractivity contribution in [3.8, 4) is 35.4 Å². The number of aliphatic hydroxyl groups excluding tert-OH is 2. The molecule has 4 aliphatic heterocycles. The van der Waals surface area contributed by atoms with E-state index in [1.807, 2.05) is 42.6 Å². The highest BCUT2D eigenvalue weighted by Crippen LogP contribution is 2.47. The van der Waals surface area contributed by atoms with Gasteiger partial charge in [0.1, 0.15) is 42.4 Å². The van der Waals surface area contributed by atoms with E-state index in [2.05, 4.69) is 43.9 Å². The zero-order chi connectivity index (χ0) is 39.2. The van der Waals surface area contributed by atoms with Crippen molar-refractivity contribution in [1.82, 2.24) is 0 Å². The Labute approximate surface area is 332 Å². The number of hydrogen-bond donors (Lipinski definition) is 5. The van der Waals surface area contributed by atoms with Crippen LogP contribution in [0.2, 0.25) is 0 Å². The highest BCUT2D eigenvalue weighted by atomic mass is 16.5. The Morgan fingerprint density at radius 1 is 1.02 bits per heavy atom. The summed E-state index contributed by atoms with van der Waals surface area (Å²) >= 11 is 0. The van der Waals surface area contributed by atoms with Gasteiger partial charge >= 0.3 is 0 Å². The average molecular weight is 760 g/mol. The largest absolute Gasteiger partial charge is 0.437 e. The fraction of sp³-hybridized carbons (Fsp3) is 0.532. The zero-order valence-corrected chi connectivity index (χ0v) is 33.1. The van der Waals surface area contributed by atoms with Crippen molar-refractivity contribution in [2.75, 3.05) is 6.54 Å². The Kier molecular flexibility index (Phi) is 12.8. The molecule has 5 aliphatic rings. The molecule has 6 atom stereocenters. The SMILES string of the molecule is CCCCC[C@@H](O)[C@@H](CCCCC)C(=O)CCc1ccc2c(c1)O[C@@H]1[C@@H](C#C[C@H](O)c3ccc(C(N)N)cc3CC3=CN=C4C[NH+]1C=C34)C1(C#CO2)CCCC1. The molecular weight excluding hydrogens is 701 g/mol. The summed E-state index contributed by atoms with van der Waals surface area (Å²) in [6, 6.07) is 11.6. The summed E-state index contributed by atoms with van der Waals surface area (Å²) in [5.74, 6) is 10.9. The summed E-state index contributed by atoms with van der Waals surface area (Å²) in [5.41, 5.74) is 18.2. The van der Waals surface area contributed by atoms with Crippen molar-refractivity contribution in [2.45, 2.75) is 135 Å². The molecule has 9 nitrogen and oxygen atoms in total. The van der Waals surface area contributed by atoms with Gasteiger partial charge in [0.05, 0.1) is 23.3 Å². The van der Waals surface area contributed by atoms with Crippen molar-refractivity contribution in [3.63, 3.8) is 0 Å². The number of aliphatic hydroxyl groups is 2. The number of benzene rings is 2. The van der Waals surface area contributed by atoms with Gasteiger partial charge in [0.2, 0.25) is 0 Å². The molecule has 1 fully saturated rings. The Morgan fingerprint density at radius 2 is 1.80 bits per heavy atom. The molecule has 56 heavy (non-hydrogen) atoms. The van der Waals surface area contributed by atoms with Crippen LogP contribution in [0, 0.1) is 41.1 Å². The van der Waals surface area contributed by atoms with Crippen LogP contribution < -0.4 is 25.8 Å². The molecule has 1 spiro atoms. The number of nitrogens with two attached hydrogens (primary N) is 2. The number of carbonyl (C=O) groups is 1. The van der Waals surface area contributed by atoms with Gasteiger partial charge in [-0.15, -0.1) is 0 Å². The number of aryl methyl sites for hydroxylation is 1. The molecule has 1 unspecified atom stereocenters. The van der Waals surface area contributed by atoms with Crippen molar-refractivity contribution in [1.29, 1.82) is 0 Å². The third kappa shape index (κ3) is 8.69. The normalized spacial score (nSPS) is 23.9. The second kappa shape index (κ2) is 17.9. The Bertz CT molecular complexity index is 1990. The monoisotopic (exact) mass is 759 g/mol. The number of nitrogens with zero attached hydrogens (tertiary/aromatic N) is 1. The van der Waals surface area contributed by atoms with Gasteiger partial charge in [0.25, 0.3) is 6.23 Å². The average Bonchev–Trinajstić information content (AvgIpc) is 3.94. The van der Waals surface area contributed by atoms with Gasteiger partial charge in [0.15, 0.2) is 11.5 Å². The topological polar surface area (TPSA) is 145 Å². The van der Waals surface area contributed by atoms with Gasteiger partial charge in [0, 0.05) is 25.0 Å². The van der Waals surface area contributed by atoms with Crippen LogP contribution in [0.5, 0.6) is 11.5 Å². The number of ether oxygens (including phenoxy) is 2. The van der Waals surface area contributed by atoms with Gasteiger partial charge in [-0.1, -0.05) is 107 Å². The lowest BCUT2D eigenvalue weighted by Gasteiger charge is -2.36. The number of ketones is 1. The first-order valence-corrected chi connectivity index (χ1v) is 21.1. The summed E-state index contributed by atoms with van der Waals surface area (Å²) in [4.78, 5) is 19.7. The number of carbonyl (C=O) groups excluding carboxylic acids is 1. The van der Waals surface area contributed by atoms with E-state index in [0.29, 0.717) is 43.7 Å². The van der Waals surface area contributed by atoms with Crippen molar-refractivity contribution in [3.05, 3.63) is 82.2 Å². The molecule has 2 aromatic rings. The van der Waals surface area contributed by atoms with E-state index in [9.17, 15) is 15.0 Å². The molecule has 0 saturated heterocycles. The highest BCUT2D eigenvalue weighted by molar-refractivity contribution is 6.08. The molecule has 2 bridgehead atoms. The number of Topliss-reactive ketones (excluding diaryl/α,β-unsaturated/α-hetero) is 1. The van der Waals surface area contributed by atoms with E-state index in [1.165, 1.54) is 0 Å². The molecule has 7 rings (SSSR count). The van der Waals surface area contributed by atoms with Crippen molar-refractivity contribution < 1.29 is 29.4 Å². The fourth-order valence-corrected chi connectivity index (χ4v) is 9.28.